The van der Waals surface area contributed by atoms with Crippen molar-refractivity contribution in [2.45, 2.75) is 55.1 Å². The number of benzene rings is 3. The third kappa shape index (κ3) is 8.43. The number of rotatable bonds is 9. The third-order valence-corrected chi connectivity index (χ3v) is 9.52. The number of piperidine rings is 1. The third-order valence-electron chi connectivity index (χ3n) is 8.55. The van der Waals surface area contributed by atoms with Gasteiger partial charge in [-0.2, -0.15) is 13.2 Å². The number of alkyl halides is 3. The number of para-hydroxylation sites is 1. The van der Waals surface area contributed by atoms with Crippen LogP contribution in [-0.4, -0.2) is 47.9 Å². The lowest BCUT2D eigenvalue weighted by Gasteiger charge is -2.33. The van der Waals surface area contributed by atoms with Gasteiger partial charge < -0.3 is 19.5 Å². The second-order valence-electron chi connectivity index (χ2n) is 12.0. The van der Waals surface area contributed by atoms with E-state index in [-0.39, 0.29) is 39.3 Å². The molecule has 2 aliphatic rings. The molecule has 0 radical (unpaired) electrons. The fourth-order valence-electron chi connectivity index (χ4n) is 6.23. The van der Waals surface area contributed by atoms with Crippen molar-refractivity contribution in [2.24, 2.45) is 0 Å². The van der Waals surface area contributed by atoms with E-state index in [0.29, 0.717) is 24.4 Å². The number of anilines is 1. The highest BCUT2D eigenvalue weighted by Gasteiger charge is 2.30. The number of thioether (sulfide) groups is 1. The molecule has 0 saturated carbocycles. The molecular formula is C36H33ClF3N3O4S. The maximum atomic E-state index is 13.4. The van der Waals surface area contributed by atoms with Gasteiger partial charge in [0.25, 0.3) is 5.91 Å². The van der Waals surface area contributed by atoms with Gasteiger partial charge in [-0.05, 0) is 85.0 Å². The zero-order valence-electron chi connectivity index (χ0n) is 25.9. The van der Waals surface area contributed by atoms with Gasteiger partial charge in [-0.3, -0.25) is 14.4 Å². The predicted molar refractivity (Wildman–Crippen MR) is 181 cm³/mol. The first kappa shape index (κ1) is 33.7. The molecule has 1 atom stereocenters. The van der Waals surface area contributed by atoms with Crippen LogP contribution in [-0.2, 0) is 17.8 Å². The summed E-state index contributed by atoms with van der Waals surface area (Å²) < 4.78 is 44.3. The first-order chi connectivity index (χ1) is 23.0. The summed E-state index contributed by atoms with van der Waals surface area (Å²) in [5.41, 5.74) is -0.726. The van der Waals surface area contributed by atoms with E-state index in [9.17, 15) is 27.6 Å². The molecule has 6 rings (SSSR count). The Morgan fingerprint density at radius 3 is 2.44 bits per heavy atom. The Bertz CT molecular complexity index is 1900. The van der Waals surface area contributed by atoms with Crippen LogP contribution in [0.1, 0.15) is 47.4 Å². The van der Waals surface area contributed by atoms with Crippen LogP contribution in [0.4, 0.5) is 18.9 Å². The van der Waals surface area contributed by atoms with Crippen molar-refractivity contribution in [2.75, 3.05) is 24.5 Å². The number of amides is 2. The van der Waals surface area contributed by atoms with Gasteiger partial charge in [-0.1, -0.05) is 53.6 Å². The van der Waals surface area contributed by atoms with Crippen LogP contribution in [0.25, 0.3) is 11.0 Å². The van der Waals surface area contributed by atoms with Crippen LogP contribution in [0.3, 0.4) is 0 Å². The molecule has 48 heavy (non-hydrogen) atoms. The van der Waals surface area contributed by atoms with E-state index in [1.54, 1.807) is 12.1 Å². The number of hydrogen-bond acceptors (Lipinski definition) is 6. The smallest absolute Gasteiger partial charge is 0.446 e. The summed E-state index contributed by atoms with van der Waals surface area (Å²) in [6, 6.07) is 19.7. The van der Waals surface area contributed by atoms with E-state index in [4.69, 9.17) is 16.0 Å². The maximum Gasteiger partial charge on any atom is 0.446 e. The van der Waals surface area contributed by atoms with E-state index in [2.05, 4.69) is 28.4 Å². The van der Waals surface area contributed by atoms with E-state index in [0.717, 1.165) is 67.8 Å². The van der Waals surface area contributed by atoms with E-state index in [1.165, 1.54) is 17.7 Å². The molecule has 12 heteroatoms. The van der Waals surface area contributed by atoms with Gasteiger partial charge in [0.15, 0.2) is 11.2 Å². The van der Waals surface area contributed by atoms with E-state index in [1.807, 2.05) is 29.2 Å². The van der Waals surface area contributed by atoms with E-state index < -0.39 is 22.9 Å². The van der Waals surface area contributed by atoms with Crippen molar-refractivity contribution in [3.05, 3.63) is 117 Å². The zero-order valence-corrected chi connectivity index (χ0v) is 27.5. The van der Waals surface area contributed by atoms with Crippen LogP contribution in [0.2, 0.25) is 5.02 Å². The number of halogens is 4. The van der Waals surface area contributed by atoms with Crippen LogP contribution in [0.5, 0.6) is 0 Å². The lowest BCUT2D eigenvalue weighted by Crippen LogP contribution is -2.37. The van der Waals surface area contributed by atoms with Crippen molar-refractivity contribution in [3.63, 3.8) is 0 Å². The minimum atomic E-state index is -4.50. The lowest BCUT2D eigenvalue weighted by molar-refractivity contribution is -0.128. The molecule has 0 bridgehead atoms. The Labute approximate surface area is 284 Å². The summed E-state index contributed by atoms with van der Waals surface area (Å²) in [5, 5.41) is 3.54. The molecule has 1 aromatic heterocycles. The minimum Gasteiger partial charge on any atom is -0.451 e. The van der Waals surface area contributed by atoms with Crippen molar-refractivity contribution in [1.29, 1.82) is 0 Å². The summed E-state index contributed by atoms with van der Waals surface area (Å²) in [6.45, 7) is 2.92. The first-order valence-electron chi connectivity index (χ1n) is 15.7. The van der Waals surface area contributed by atoms with Crippen LogP contribution in [0, 0.1) is 0 Å². The molecule has 2 fully saturated rings. The highest BCUT2D eigenvalue weighted by atomic mass is 35.5. The first-order valence-corrected chi connectivity index (χ1v) is 16.9. The van der Waals surface area contributed by atoms with Gasteiger partial charge in [0, 0.05) is 54.3 Å². The molecule has 4 aromatic rings. The molecule has 1 N–H and O–H groups in total. The largest absolute Gasteiger partial charge is 0.451 e. The summed E-state index contributed by atoms with van der Waals surface area (Å²) in [7, 11) is 0. The van der Waals surface area contributed by atoms with Gasteiger partial charge in [0.2, 0.25) is 5.91 Å². The van der Waals surface area contributed by atoms with Crippen molar-refractivity contribution < 1.29 is 27.2 Å². The summed E-state index contributed by atoms with van der Waals surface area (Å²) in [6.07, 6.45) is 5.55. The Morgan fingerprint density at radius 1 is 0.979 bits per heavy atom. The number of likely N-dealkylation sites (tertiary alicyclic amines) is 1. The second-order valence-corrected chi connectivity index (χ2v) is 13.5. The maximum absolute atomic E-state index is 13.4. The van der Waals surface area contributed by atoms with Crippen LogP contribution < -0.4 is 15.6 Å². The van der Waals surface area contributed by atoms with Gasteiger partial charge in [0.05, 0.1) is 11.4 Å². The van der Waals surface area contributed by atoms with Crippen molar-refractivity contribution >= 4 is 51.8 Å². The Balaban J connectivity index is 1.19. The molecule has 3 heterocycles. The average Bonchev–Trinajstić information content (AvgIpc) is 3.46. The predicted octanol–water partition coefficient (Wildman–Crippen LogP) is 7.75. The molecule has 0 spiro atoms. The molecule has 0 unspecified atom stereocenters. The van der Waals surface area contributed by atoms with Crippen molar-refractivity contribution in [3.8, 4) is 0 Å². The molecular weight excluding hydrogens is 663 g/mol. The number of hydrogen-bond donors (Lipinski definition) is 1. The molecule has 2 saturated heterocycles. The average molecular weight is 696 g/mol. The molecule has 7 nitrogen and oxygen atoms in total. The summed E-state index contributed by atoms with van der Waals surface area (Å²) >= 11 is 5.77. The standard InChI is InChI=1S/C36H33ClF3N3O4S/c37-26-9-7-23(8-10-26)18-27(41-35(46)33-21-31(44)29-20-28(48-36(38,39)40)11-12-32(29)47-33)19-24-13-16-42(17-14-24)30-5-2-1-4-25(30)22-43-15-3-6-34(43)45/h1-2,4-5,7-12,19-21,27H,3,6,13-18,22H2,(H,41,46)/t27-/m1/s1. The van der Waals surface area contributed by atoms with Gasteiger partial charge >= 0.3 is 5.51 Å². The molecule has 2 amide bonds. The monoisotopic (exact) mass is 695 g/mol. The molecule has 250 valence electrons. The quantitative estimate of drug-likeness (QED) is 0.143. The summed E-state index contributed by atoms with van der Waals surface area (Å²) in [5.74, 6) is -0.646. The Kier molecular flexibility index (Phi) is 10.2. The van der Waals surface area contributed by atoms with Crippen LogP contribution >= 0.6 is 23.4 Å². The fourth-order valence-corrected chi connectivity index (χ4v) is 6.93. The van der Waals surface area contributed by atoms with Crippen molar-refractivity contribution in [1.82, 2.24) is 10.2 Å². The zero-order chi connectivity index (χ0) is 33.8. The Hall–Kier alpha value is -4.22. The normalized spacial score (nSPS) is 16.0. The summed E-state index contributed by atoms with van der Waals surface area (Å²) in [4.78, 5) is 42.7. The van der Waals surface area contributed by atoms with Gasteiger partial charge in [-0.25, -0.2) is 0 Å². The van der Waals surface area contributed by atoms with Gasteiger partial charge in [-0.15, -0.1) is 0 Å². The van der Waals surface area contributed by atoms with Crippen LogP contribution in [0.15, 0.2) is 98.6 Å². The molecule has 0 aliphatic carbocycles. The second kappa shape index (κ2) is 14.5. The number of nitrogens with one attached hydrogen (secondary N) is 1. The topological polar surface area (TPSA) is 82.9 Å². The number of fused-ring (bicyclic) bond motifs is 1. The van der Waals surface area contributed by atoms with E-state index >= 15 is 0 Å². The minimum absolute atomic E-state index is 0.0218. The Morgan fingerprint density at radius 2 is 1.73 bits per heavy atom. The number of carbonyl (C=O) groups excluding carboxylic acids is 2. The molecule has 3 aromatic carbocycles. The fraction of sp³-hybridized carbons (Fsp3) is 0.306. The molecule has 2 aliphatic heterocycles. The lowest BCUT2D eigenvalue weighted by atomic mass is 9.97. The highest BCUT2D eigenvalue weighted by Crippen LogP contribution is 2.37. The number of nitrogens with zero attached hydrogens (tertiary/aromatic N) is 2. The SMILES string of the molecule is O=C(N[C@@H](C=C1CCN(c2ccccc2CN2CCCC2=O)CC1)Cc1ccc(Cl)cc1)c1cc(=O)c2cc(SC(F)(F)F)ccc2o1. The number of carbonyl (C=O) groups is 2. The highest BCUT2D eigenvalue weighted by molar-refractivity contribution is 8.00. The van der Waals surface area contributed by atoms with Gasteiger partial charge in [0.1, 0.15) is 5.58 Å².